The molecule has 0 spiro atoms. The van der Waals surface area contributed by atoms with E-state index < -0.39 is 0 Å². The minimum Gasteiger partial charge on any atom is -0.497 e. The maximum Gasteiger partial charge on any atom is 0.131 e. The van der Waals surface area contributed by atoms with E-state index in [2.05, 4.69) is 5.32 Å². The van der Waals surface area contributed by atoms with Gasteiger partial charge in [0.25, 0.3) is 0 Å². The zero-order valence-corrected chi connectivity index (χ0v) is 10.9. The van der Waals surface area contributed by atoms with Crippen LogP contribution in [0.3, 0.4) is 0 Å². The molecule has 0 heterocycles. The maximum atomic E-state index is 13.8. The first-order valence-electron chi connectivity index (χ1n) is 5.81. The highest BCUT2D eigenvalue weighted by Crippen LogP contribution is 2.21. The normalized spacial score (nSPS) is 14.3. The molecule has 0 bridgehead atoms. The van der Waals surface area contributed by atoms with Gasteiger partial charge in [0.1, 0.15) is 11.6 Å². The lowest BCUT2D eigenvalue weighted by Crippen LogP contribution is -2.38. The summed E-state index contributed by atoms with van der Waals surface area (Å²) in [5, 5.41) is 12.3. The fraction of sp³-hybridized carbons (Fsp3) is 0.538. The van der Waals surface area contributed by atoms with Crippen molar-refractivity contribution in [2.24, 2.45) is 0 Å². The Labute approximate surface area is 107 Å². The van der Waals surface area contributed by atoms with Crippen LogP contribution in [-0.2, 0) is 4.74 Å². The van der Waals surface area contributed by atoms with Gasteiger partial charge >= 0.3 is 0 Å². The van der Waals surface area contributed by atoms with Crippen LogP contribution in [0.25, 0.3) is 0 Å². The number of halogens is 1. The van der Waals surface area contributed by atoms with Crippen molar-refractivity contribution in [1.82, 2.24) is 5.32 Å². The molecule has 0 saturated heterocycles. The predicted octanol–water partition coefficient (Wildman–Crippen LogP) is 1.49. The van der Waals surface area contributed by atoms with E-state index in [4.69, 9.17) is 14.6 Å². The molecule has 2 N–H and O–H groups in total. The number of aliphatic hydroxyl groups is 1. The van der Waals surface area contributed by atoms with Crippen LogP contribution in [0.5, 0.6) is 5.75 Å². The van der Waals surface area contributed by atoms with E-state index in [1.165, 1.54) is 13.2 Å². The molecule has 0 aliphatic rings. The highest BCUT2D eigenvalue weighted by atomic mass is 19.1. The Morgan fingerprint density at radius 1 is 1.39 bits per heavy atom. The van der Waals surface area contributed by atoms with Crippen molar-refractivity contribution < 1.29 is 19.0 Å². The lowest BCUT2D eigenvalue weighted by molar-refractivity contribution is 0.123. The van der Waals surface area contributed by atoms with Crippen LogP contribution in [0.2, 0.25) is 0 Å². The Hall–Kier alpha value is -1.17. The molecule has 4 nitrogen and oxygen atoms in total. The summed E-state index contributed by atoms with van der Waals surface area (Å²) in [6.45, 7) is 2.15. The fourth-order valence-electron chi connectivity index (χ4n) is 1.78. The van der Waals surface area contributed by atoms with Crippen LogP contribution in [-0.4, -0.2) is 38.6 Å². The Balaban J connectivity index is 2.74. The third-order valence-corrected chi connectivity index (χ3v) is 2.75. The molecule has 0 radical (unpaired) electrons. The molecule has 102 valence electrons. The molecule has 0 aliphatic carbocycles. The lowest BCUT2D eigenvalue weighted by atomic mass is 10.1. The minimum atomic E-state index is -0.330. The van der Waals surface area contributed by atoms with Crippen molar-refractivity contribution in [1.29, 1.82) is 0 Å². The van der Waals surface area contributed by atoms with Crippen molar-refractivity contribution in [2.75, 3.05) is 27.4 Å². The molecule has 5 heteroatoms. The Morgan fingerprint density at radius 3 is 2.61 bits per heavy atom. The van der Waals surface area contributed by atoms with Gasteiger partial charge in [0.05, 0.1) is 26.4 Å². The van der Waals surface area contributed by atoms with Gasteiger partial charge in [-0.25, -0.2) is 4.39 Å². The van der Waals surface area contributed by atoms with E-state index in [-0.39, 0.29) is 24.5 Å². The van der Waals surface area contributed by atoms with E-state index in [1.807, 2.05) is 6.92 Å². The second-order valence-electron chi connectivity index (χ2n) is 4.11. The van der Waals surface area contributed by atoms with Gasteiger partial charge in [-0.05, 0) is 13.0 Å². The quantitative estimate of drug-likeness (QED) is 0.777. The predicted molar refractivity (Wildman–Crippen MR) is 67.3 cm³/mol. The molecule has 2 atom stereocenters. The van der Waals surface area contributed by atoms with Crippen LogP contribution in [0.4, 0.5) is 4.39 Å². The summed E-state index contributed by atoms with van der Waals surface area (Å²) in [7, 11) is 3.06. The lowest BCUT2D eigenvalue weighted by Gasteiger charge is -2.22. The number of methoxy groups -OCH3 is 2. The summed E-state index contributed by atoms with van der Waals surface area (Å²) in [6.07, 6.45) is 0. The highest BCUT2D eigenvalue weighted by molar-refractivity contribution is 5.30. The van der Waals surface area contributed by atoms with Crippen molar-refractivity contribution in [3.05, 3.63) is 29.6 Å². The van der Waals surface area contributed by atoms with Gasteiger partial charge < -0.3 is 19.9 Å². The van der Waals surface area contributed by atoms with E-state index >= 15 is 0 Å². The molecular formula is C13H20FNO3. The second kappa shape index (κ2) is 7.31. The third-order valence-electron chi connectivity index (χ3n) is 2.75. The van der Waals surface area contributed by atoms with Gasteiger partial charge in [-0.2, -0.15) is 0 Å². The Bertz CT molecular complexity index is 373. The molecule has 0 saturated carbocycles. The first kappa shape index (κ1) is 14.9. The zero-order chi connectivity index (χ0) is 13.5. The van der Waals surface area contributed by atoms with Crippen LogP contribution in [0.15, 0.2) is 18.2 Å². The molecule has 0 fully saturated rings. The molecule has 0 aliphatic heterocycles. The summed E-state index contributed by atoms with van der Waals surface area (Å²) in [5.41, 5.74) is 0.533. The monoisotopic (exact) mass is 257 g/mol. The molecule has 18 heavy (non-hydrogen) atoms. The van der Waals surface area contributed by atoms with Gasteiger partial charge in [-0.3, -0.25) is 0 Å². The number of benzene rings is 1. The van der Waals surface area contributed by atoms with Gasteiger partial charge in [-0.1, -0.05) is 6.07 Å². The molecular weight excluding hydrogens is 237 g/mol. The number of hydrogen-bond acceptors (Lipinski definition) is 4. The average molecular weight is 257 g/mol. The molecule has 0 aromatic heterocycles. The topological polar surface area (TPSA) is 50.7 Å². The van der Waals surface area contributed by atoms with Crippen LogP contribution in [0, 0.1) is 5.82 Å². The first-order valence-corrected chi connectivity index (χ1v) is 5.81. The summed E-state index contributed by atoms with van der Waals surface area (Å²) < 4.78 is 23.7. The van der Waals surface area contributed by atoms with Crippen molar-refractivity contribution in [3.8, 4) is 5.75 Å². The van der Waals surface area contributed by atoms with E-state index in [1.54, 1.807) is 19.2 Å². The number of hydrogen-bond donors (Lipinski definition) is 2. The number of nitrogens with one attached hydrogen (secondary N) is 1. The number of rotatable bonds is 7. The van der Waals surface area contributed by atoms with E-state index in [9.17, 15) is 4.39 Å². The summed E-state index contributed by atoms with van der Waals surface area (Å²) in [6, 6.07) is 4.29. The second-order valence-corrected chi connectivity index (χ2v) is 4.11. The van der Waals surface area contributed by atoms with E-state index in [0.717, 1.165) is 0 Å². The molecule has 0 amide bonds. The third kappa shape index (κ3) is 3.94. The molecule has 1 aromatic rings. The van der Waals surface area contributed by atoms with Gasteiger partial charge in [-0.15, -0.1) is 0 Å². The largest absolute Gasteiger partial charge is 0.497 e. The Kier molecular flexibility index (Phi) is 6.04. The van der Waals surface area contributed by atoms with Crippen molar-refractivity contribution >= 4 is 0 Å². The van der Waals surface area contributed by atoms with Crippen LogP contribution in [0.1, 0.15) is 18.5 Å². The van der Waals surface area contributed by atoms with Crippen molar-refractivity contribution in [2.45, 2.75) is 19.0 Å². The summed E-state index contributed by atoms with van der Waals surface area (Å²) >= 11 is 0. The average Bonchev–Trinajstić information content (AvgIpc) is 2.37. The number of aliphatic hydroxyl groups excluding tert-OH is 1. The van der Waals surface area contributed by atoms with Crippen LogP contribution >= 0.6 is 0 Å². The van der Waals surface area contributed by atoms with Crippen molar-refractivity contribution in [3.63, 3.8) is 0 Å². The SMILES string of the molecule is COCC(CO)NC(C)c1ccc(OC)cc1F. The van der Waals surface area contributed by atoms with E-state index in [0.29, 0.717) is 17.9 Å². The molecule has 1 rings (SSSR count). The van der Waals surface area contributed by atoms with Gasteiger partial charge in [0.2, 0.25) is 0 Å². The summed E-state index contributed by atoms with van der Waals surface area (Å²) in [4.78, 5) is 0. The fourth-order valence-corrected chi connectivity index (χ4v) is 1.78. The smallest absolute Gasteiger partial charge is 0.131 e. The maximum absolute atomic E-state index is 13.8. The zero-order valence-electron chi connectivity index (χ0n) is 10.9. The van der Waals surface area contributed by atoms with Crippen LogP contribution < -0.4 is 10.1 Å². The number of ether oxygens (including phenoxy) is 2. The highest BCUT2D eigenvalue weighted by Gasteiger charge is 2.16. The standard InChI is InChI=1S/C13H20FNO3/c1-9(15-10(7-16)8-17-2)12-5-4-11(18-3)6-13(12)14/h4-6,9-10,15-16H,7-8H2,1-3H3. The minimum absolute atomic E-state index is 0.0596. The Morgan fingerprint density at radius 2 is 2.11 bits per heavy atom. The van der Waals surface area contributed by atoms with Gasteiger partial charge in [0.15, 0.2) is 0 Å². The molecule has 2 unspecified atom stereocenters. The summed E-state index contributed by atoms with van der Waals surface area (Å²) in [5.74, 6) is 0.155. The first-order chi connectivity index (χ1) is 8.62. The molecule has 1 aromatic carbocycles. The van der Waals surface area contributed by atoms with Gasteiger partial charge in [0, 0.05) is 24.8 Å².